The molecular weight excluding hydrogens is 407 g/mol. The van der Waals surface area contributed by atoms with E-state index in [1.807, 2.05) is 30.3 Å². The lowest BCUT2D eigenvalue weighted by Crippen LogP contribution is -1.97. The van der Waals surface area contributed by atoms with Crippen LogP contribution in [0.5, 0.6) is 11.5 Å². The van der Waals surface area contributed by atoms with Gasteiger partial charge in [0.2, 0.25) is 0 Å². The normalized spacial score (nSPS) is 10.2. The number of ether oxygens (including phenoxy) is 1. The smallest absolute Gasteiger partial charge is 0.163 e. The molecule has 0 aliphatic carbocycles. The van der Waals surface area contributed by atoms with Gasteiger partial charge in [-0.05, 0) is 65.9 Å². The second kappa shape index (κ2) is 5.84. The number of Topliss-reactive ketones (excluding diaryl/α,β-unsaturated/α-hetero) is 1. The first-order chi connectivity index (χ1) is 8.56. The van der Waals surface area contributed by atoms with Crippen LogP contribution in [0.1, 0.15) is 17.3 Å². The molecular formula is C14H10BrIO2. The van der Waals surface area contributed by atoms with E-state index in [1.165, 1.54) is 6.92 Å². The van der Waals surface area contributed by atoms with E-state index in [-0.39, 0.29) is 5.78 Å². The zero-order chi connectivity index (χ0) is 13.1. The molecule has 0 aromatic heterocycles. The molecule has 0 atom stereocenters. The molecule has 92 valence electrons. The average Bonchev–Trinajstić information content (AvgIpc) is 2.31. The fourth-order valence-electron chi connectivity index (χ4n) is 1.52. The lowest BCUT2D eigenvalue weighted by atomic mass is 10.1. The number of carbonyl (C=O) groups is 1. The molecule has 2 nitrogen and oxygen atoms in total. The van der Waals surface area contributed by atoms with Gasteiger partial charge < -0.3 is 4.74 Å². The molecule has 0 unspecified atom stereocenters. The third-order valence-corrected chi connectivity index (χ3v) is 3.51. The quantitative estimate of drug-likeness (QED) is 0.517. The lowest BCUT2D eigenvalue weighted by molar-refractivity contribution is 0.101. The zero-order valence-electron chi connectivity index (χ0n) is 9.61. The number of rotatable bonds is 3. The van der Waals surface area contributed by atoms with E-state index in [0.29, 0.717) is 11.3 Å². The van der Waals surface area contributed by atoms with Gasteiger partial charge in [-0.15, -0.1) is 0 Å². The minimum absolute atomic E-state index is 0.0167. The molecule has 0 radical (unpaired) electrons. The summed E-state index contributed by atoms with van der Waals surface area (Å²) in [6, 6.07) is 13.1. The Balaban J connectivity index is 2.37. The predicted octanol–water partition coefficient (Wildman–Crippen LogP) is 5.05. The van der Waals surface area contributed by atoms with Crippen molar-refractivity contribution in [1.82, 2.24) is 0 Å². The Kier molecular flexibility index (Phi) is 4.40. The average molecular weight is 417 g/mol. The van der Waals surface area contributed by atoms with E-state index in [0.717, 1.165) is 13.8 Å². The van der Waals surface area contributed by atoms with E-state index < -0.39 is 0 Å². The molecule has 0 saturated heterocycles. The Labute approximate surface area is 128 Å². The highest BCUT2D eigenvalue weighted by atomic mass is 127. The molecule has 0 fully saturated rings. The standard InChI is InChI=1S/C14H10BrIO2/c1-9(17)13-7-10(15)5-6-14(13)18-12-4-2-3-11(16)8-12/h2-8H,1H3. The molecule has 0 spiro atoms. The predicted molar refractivity (Wildman–Crippen MR) is 83.4 cm³/mol. The molecule has 0 aliphatic heterocycles. The van der Waals surface area contributed by atoms with Crippen LogP contribution in [0.4, 0.5) is 0 Å². The van der Waals surface area contributed by atoms with E-state index >= 15 is 0 Å². The molecule has 0 amide bonds. The van der Waals surface area contributed by atoms with Crippen molar-refractivity contribution in [3.63, 3.8) is 0 Å². The SMILES string of the molecule is CC(=O)c1cc(Br)ccc1Oc1cccc(I)c1. The van der Waals surface area contributed by atoms with Gasteiger partial charge in [0.05, 0.1) is 5.56 Å². The summed E-state index contributed by atoms with van der Waals surface area (Å²) in [4.78, 5) is 11.6. The maximum atomic E-state index is 11.6. The molecule has 0 N–H and O–H groups in total. The van der Waals surface area contributed by atoms with Gasteiger partial charge in [-0.25, -0.2) is 0 Å². The maximum absolute atomic E-state index is 11.6. The van der Waals surface area contributed by atoms with Gasteiger partial charge in [-0.1, -0.05) is 22.0 Å². The Bertz CT molecular complexity index is 596. The van der Waals surface area contributed by atoms with Gasteiger partial charge in [-0.2, -0.15) is 0 Å². The van der Waals surface area contributed by atoms with Gasteiger partial charge in [-0.3, -0.25) is 4.79 Å². The first-order valence-electron chi connectivity index (χ1n) is 5.30. The van der Waals surface area contributed by atoms with Crippen molar-refractivity contribution < 1.29 is 9.53 Å². The molecule has 2 rings (SSSR count). The second-order valence-electron chi connectivity index (χ2n) is 3.76. The molecule has 2 aromatic carbocycles. The van der Waals surface area contributed by atoms with Crippen LogP contribution in [0, 0.1) is 3.57 Å². The highest BCUT2D eigenvalue weighted by Gasteiger charge is 2.10. The number of hydrogen-bond acceptors (Lipinski definition) is 2. The highest BCUT2D eigenvalue weighted by molar-refractivity contribution is 14.1. The molecule has 0 bridgehead atoms. The van der Waals surface area contributed by atoms with Crippen LogP contribution in [0.2, 0.25) is 0 Å². The van der Waals surface area contributed by atoms with Crippen molar-refractivity contribution in [2.24, 2.45) is 0 Å². The van der Waals surface area contributed by atoms with Crippen LogP contribution < -0.4 is 4.74 Å². The number of halogens is 2. The number of ketones is 1. The monoisotopic (exact) mass is 416 g/mol. The largest absolute Gasteiger partial charge is 0.457 e. The highest BCUT2D eigenvalue weighted by Crippen LogP contribution is 2.29. The van der Waals surface area contributed by atoms with Gasteiger partial charge in [0.15, 0.2) is 5.78 Å². The minimum atomic E-state index is -0.0167. The lowest BCUT2D eigenvalue weighted by Gasteiger charge is -2.10. The van der Waals surface area contributed by atoms with Crippen LogP contribution in [0.15, 0.2) is 46.9 Å². The third kappa shape index (κ3) is 3.32. The van der Waals surface area contributed by atoms with Crippen LogP contribution in [-0.2, 0) is 0 Å². The number of benzene rings is 2. The van der Waals surface area contributed by atoms with Crippen LogP contribution in [-0.4, -0.2) is 5.78 Å². The summed E-state index contributed by atoms with van der Waals surface area (Å²) in [6.45, 7) is 1.53. The number of carbonyl (C=O) groups excluding carboxylic acids is 1. The van der Waals surface area contributed by atoms with Crippen LogP contribution in [0.3, 0.4) is 0 Å². The summed E-state index contributed by atoms with van der Waals surface area (Å²) in [7, 11) is 0. The van der Waals surface area contributed by atoms with E-state index in [4.69, 9.17) is 4.74 Å². The fourth-order valence-corrected chi connectivity index (χ4v) is 2.40. The summed E-state index contributed by atoms with van der Waals surface area (Å²) in [5.74, 6) is 1.29. The van der Waals surface area contributed by atoms with E-state index in [2.05, 4.69) is 38.5 Å². The van der Waals surface area contributed by atoms with Crippen LogP contribution >= 0.6 is 38.5 Å². The van der Waals surface area contributed by atoms with Crippen molar-refractivity contribution >= 4 is 44.3 Å². The van der Waals surface area contributed by atoms with Gasteiger partial charge in [0.1, 0.15) is 11.5 Å². The van der Waals surface area contributed by atoms with Crippen molar-refractivity contribution in [3.05, 3.63) is 56.1 Å². The first-order valence-corrected chi connectivity index (χ1v) is 7.17. The maximum Gasteiger partial charge on any atom is 0.163 e. The fraction of sp³-hybridized carbons (Fsp3) is 0.0714. The Morgan fingerprint density at radius 3 is 2.67 bits per heavy atom. The van der Waals surface area contributed by atoms with Crippen molar-refractivity contribution in [3.8, 4) is 11.5 Å². The molecule has 0 aliphatic rings. The molecule has 4 heteroatoms. The summed E-state index contributed by atoms with van der Waals surface area (Å²) < 4.78 is 7.71. The van der Waals surface area contributed by atoms with E-state index in [9.17, 15) is 4.79 Å². The molecule has 18 heavy (non-hydrogen) atoms. The minimum Gasteiger partial charge on any atom is -0.457 e. The Hall–Kier alpha value is -0.880. The summed E-state index contributed by atoms with van der Waals surface area (Å²) in [5, 5.41) is 0. The van der Waals surface area contributed by atoms with Crippen molar-refractivity contribution in [2.45, 2.75) is 6.92 Å². The van der Waals surface area contributed by atoms with Crippen LogP contribution in [0.25, 0.3) is 0 Å². The number of hydrogen-bond donors (Lipinski definition) is 0. The molecule has 2 aromatic rings. The second-order valence-corrected chi connectivity index (χ2v) is 5.92. The molecule has 0 saturated carbocycles. The Morgan fingerprint density at radius 1 is 1.22 bits per heavy atom. The van der Waals surface area contributed by atoms with E-state index in [1.54, 1.807) is 12.1 Å². The summed E-state index contributed by atoms with van der Waals surface area (Å²) in [6.07, 6.45) is 0. The first kappa shape index (κ1) is 13.5. The zero-order valence-corrected chi connectivity index (χ0v) is 13.4. The van der Waals surface area contributed by atoms with Gasteiger partial charge in [0, 0.05) is 8.04 Å². The van der Waals surface area contributed by atoms with Gasteiger partial charge >= 0.3 is 0 Å². The van der Waals surface area contributed by atoms with Crippen molar-refractivity contribution in [2.75, 3.05) is 0 Å². The topological polar surface area (TPSA) is 26.3 Å². The summed E-state index contributed by atoms with van der Waals surface area (Å²) in [5.41, 5.74) is 0.572. The van der Waals surface area contributed by atoms with Gasteiger partial charge in [0.25, 0.3) is 0 Å². The molecule has 0 heterocycles. The Morgan fingerprint density at radius 2 is 2.00 bits per heavy atom. The summed E-state index contributed by atoms with van der Waals surface area (Å²) >= 11 is 5.57. The van der Waals surface area contributed by atoms with Crippen molar-refractivity contribution in [1.29, 1.82) is 0 Å². The third-order valence-electron chi connectivity index (χ3n) is 2.34.